The minimum Gasteiger partial charge on any atom is -0.492 e. The van der Waals surface area contributed by atoms with E-state index in [1.54, 1.807) is 12.4 Å². The van der Waals surface area contributed by atoms with Gasteiger partial charge in [0, 0.05) is 31.0 Å². The normalized spacial score (nSPS) is 12.1. The van der Waals surface area contributed by atoms with Gasteiger partial charge in [0.15, 0.2) is 0 Å². The van der Waals surface area contributed by atoms with Crippen molar-refractivity contribution in [1.82, 2.24) is 10.3 Å². The first kappa shape index (κ1) is 13.5. The summed E-state index contributed by atoms with van der Waals surface area (Å²) < 4.78 is 5.54. The zero-order chi connectivity index (χ0) is 13.3. The standard InChI is InChI=1S/C15H18N2O2/c18-15(13-5-4-8-16-11-13)12-17-9-10-19-14-6-2-1-3-7-14/h1-8,11,15,17-18H,9-10,12H2. The zero-order valence-electron chi connectivity index (χ0n) is 10.7. The molecule has 1 aromatic heterocycles. The molecule has 1 aromatic carbocycles. The van der Waals surface area contributed by atoms with Crippen molar-refractivity contribution in [3.05, 3.63) is 60.4 Å². The number of hydrogen-bond donors (Lipinski definition) is 2. The summed E-state index contributed by atoms with van der Waals surface area (Å²) in [7, 11) is 0. The maximum absolute atomic E-state index is 9.89. The lowest BCUT2D eigenvalue weighted by molar-refractivity contribution is 0.171. The van der Waals surface area contributed by atoms with Gasteiger partial charge < -0.3 is 15.2 Å². The first-order valence-electron chi connectivity index (χ1n) is 6.33. The number of aliphatic hydroxyl groups excluding tert-OH is 1. The molecule has 19 heavy (non-hydrogen) atoms. The number of pyridine rings is 1. The van der Waals surface area contributed by atoms with Gasteiger partial charge in [-0.15, -0.1) is 0 Å². The average molecular weight is 258 g/mol. The number of ether oxygens (including phenoxy) is 1. The number of nitrogens with zero attached hydrogens (tertiary/aromatic N) is 1. The lowest BCUT2D eigenvalue weighted by Gasteiger charge is -2.12. The fraction of sp³-hybridized carbons (Fsp3) is 0.267. The quantitative estimate of drug-likeness (QED) is 0.743. The van der Waals surface area contributed by atoms with Crippen LogP contribution < -0.4 is 10.1 Å². The Morgan fingerprint density at radius 3 is 2.74 bits per heavy atom. The van der Waals surface area contributed by atoms with E-state index in [1.165, 1.54) is 0 Å². The zero-order valence-corrected chi connectivity index (χ0v) is 10.7. The molecule has 1 heterocycles. The number of nitrogens with one attached hydrogen (secondary N) is 1. The summed E-state index contributed by atoms with van der Waals surface area (Å²) in [6.45, 7) is 1.75. The van der Waals surface area contributed by atoms with Gasteiger partial charge in [-0.1, -0.05) is 24.3 Å². The monoisotopic (exact) mass is 258 g/mol. The van der Waals surface area contributed by atoms with Gasteiger partial charge in [0.2, 0.25) is 0 Å². The van der Waals surface area contributed by atoms with Crippen molar-refractivity contribution in [2.75, 3.05) is 19.7 Å². The topological polar surface area (TPSA) is 54.4 Å². The fourth-order valence-corrected chi connectivity index (χ4v) is 1.69. The molecule has 0 saturated carbocycles. The highest BCUT2D eigenvalue weighted by molar-refractivity contribution is 5.20. The van der Waals surface area contributed by atoms with Crippen LogP contribution in [-0.2, 0) is 0 Å². The molecule has 0 aliphatic rings. The van der Waals surface area contributed by atoms with Crippen molar-refractivity contribution >= 4 is 0 Å². The third-order valence-corrected chi connectivity index (χ3v) is 2.70. The predicted molar refractivity (Wildman–Crippen MR) is 74.0 cm³/mol. The van der Waals surface area contributed by atoms with Gasteiger partial charge in [0.25, 0.3) is 0 Å². The molecule has 1 unspecified atom stereocenters. The molecule has 0 spiro atoms. The molecule has 2 rings (SSSR count). The Balaban J connectivity index is 1.62. The molecule has 0 aliphatic heterocycles. The Labute approximate surface area is 113 Å². The van der Waals surface area contributed by atoms with Crippen molar-refractivity contribution in [3.8, 4) is 5.75 Å². The highest BCUT2D eigenvalue weighted by atomic mass is 16.5. The lowest BCUT2D eigenvalue weighted by Crippen LogP contribution is -2.26. The minimum absolute atomic E-state index is 0.490. The molecular formula is C15H18N2O2. The molecule has 0 radical (unpaired) electrons. The van der Waals surface area contributed by atoms with E-state index < -0.39 is 6.10 Å². The van der Waals surface area contributed by atoms with E-state index in [0.717, 1.165) is 11.3 Å². The maximum atomic E-state index is 9.89. The van der Waals surface area contributed by atoms with E-state index in [-0.39, 0.29) is 0 Å². The molecule has 0 aliphatic carbocycles. The molecule has 1 atom stereocenters. The van der Waals surface area contributed by atoms with Gasteiger partial charge >= 0.3 is 0 Å². The third kappa shape index (κ3) is 4.69. The Morgan fingerprint density at radius 2 is 2.00 bits per heavy atom. The number of aliphatic hydroxyl groups is 1. The fourth-order valence-electron chi connectivity index (χ4n) is 1.69. The summed E-state index contributed by atoms with van der Waals surface area (Å²) in [6, 6.07) is 13.4. The summed E-state index contributed by atoms with van der Waals surface area (Å²) in [5.74, 6) is 0.858. The van der Waals surface area contributed by atoms with Crippen LogP contribution in [0.15, 0.2) is 54.9 Å². The molecule has 0 saturated heterocycles. The van der Waals surface area contributed by atoms with Crippen molar-refractivity contribution in [1.29, 1.82) is 0 Å². The van der Waals surface area contributed by atoms with Crippen LogP contribution in [0, 0.1) is 0 Å². The minimum atomic E-state index is -0.537. The highest BCUT2D eigenvalue weighted by Crippen LogP contribution is 2.09. The predicted octanol–water partition coefficient (Wildman–Crippen LogP) is 1.78. The van der Waals surface area contributed by atoms with Gasteiger partial charge in [0.05, 0.1) is 6.10 Å². The molecular weight excluding hydrogens is 240 g/mol. The summed E-state index contributed by atoms with van der Waals surface area (Å²) in [6.07, 6.45) is 2.83. The molecule has 2 N–H and O–H groups in total. The van der Waals surface area contributed by atoms with Crippen molar-refractivity contribution < 1.29 is 9.84 Å². The second kappa shape index (κ2) is 7.51. The lowest BCUT2D eigenvalue weighted by atomic mass is 10.1. The van der Waals surface area contributed by atoms with Crippen molar-refractivity contribution in [2.24, 2.45) is 0 Å². The van der Waals surface area contributed by atoms with Crippen LogP contribution in [0.5, 0.6) is 5.75 Å². The number of aromatic nitrogens is 1. The molecule has 2 aromatic rings. The van der Waals surface area contributed by atoms with Crippen LogP contribution >= 0.6 is 0 Å². The second-order valence-electron chi connectivity index (χ2n) is 4.17. The maximum Gasteiger partial charge on any atom is 0.119 e. The van der Waals surface area contributed by atoms with Crippen LogP contribution in [0.25, 0.3) is 0 Å². The van der Waals surface area contributed by atoms with E-state index >= 15 is 0 Å². The summed E-state index contributed by atoms with van der Waals surface area (Å²) in [4.78, 5) is 3.98. The first-order valence-corrected chi connectivity index (χ1v) is 6.33. The molecule has 100 valence electrons. The van der Waals surface area contributed by atoms with Crippen molar-refractivity contribution in [3.63, 3.8) is 0 Å². The largest absolute Gasteiger partial charge is 0.492 e. The smallest absolute Gasteiger partial charge is 0.119 e. The molecule has 4 heteroatoms. The van der Waals surface area contributed by atoms with Crippen molar-refractivity contribution in [2.45, 2.75) is 6.10 Å². The van der Waals surface area contributed by atoms with Crippen LogP contribution in [0.2, 0.25) is 0 Å². The Kier molecular flexibility index (Phi) is 5.34. The Hall–Kier alpha value is -1.91. The highest BCUT2D eigenvalue weighted by Gasteiger charge is 2.05. The second-order valence-corrected chi connectivity index (χ2v) is 4.17. The van der Waals surface area contributed by atoms with Gasteiger partial charge in [-0.05, 0) is 18.2 Å². The summed E-state index contributed by atoms with van der Waals surface area (Å²) in [5.41, 5.74) is 0.818. The first-order chi connectivity index (χ1) is 9.36. The number of benzene rings is 1. The number of para-hydroxylation sites is 1. The Bertz CT molecular complexity index is 462. The van der Waals surface area contributed by atoms with Crippen LogP contribution in [-0.4, -0.2) is 29.8 Å². The van der Waals surface area contributed by atoms with Crippen LogP contribution in [0.3, 0.4) is 0 Å². The average Bonchev–Trinajstić information content (AvgIpc) is 2.49. The third-order valence-electron chi connectivity index (χ3n) is 2.70. The number of hydrogen-bond acceptors (Lipinski definition) is 4. The van der Waals surface area contributed by atoms with E-state index in [9.17, 15) is 5.11 Å². The van der Waals surface area contributed by atoms with Gasteiger partial charge in [-0.3, -0.25) is 4.98 Å². The van der Waals surface area contributed by atoms with Gasteiger partial charge in [-0.2, -0.15) is 0 Å². The van der Waals surface area contributed by atoms with Crippen LogP contribution in [0.4, 0.5) is 0 Å². The number of rotatable bonds is 7. The Morgan fingerprint density at radius 1 is 1.16 bits per heavy atom. The van der Waals surface area contributed by atoms with E-state index in [1.807, 2.05) is 42.5 Å². The molecule has 0 fully saturated rings. The van der Waals surface area contributed by atoms with Gasteiger partial charge in [0.1, 0.15) is 12.4 Å². The summed E-state index contributed by atoms with van der Waals surface area (Å²) in [5, 5.41) is 13.0. The molecule has 0 amide bonds. The molecule has 0 bridgehead atoms. The van der Waals surface area contributed by atoms with Crippen LogP contribution in [0.1, 0.15) is 11.7 Å². The summed E-state index contributed by atoms with van der Waals surface area (Å²) >= 11 is 0. The van der Waals surface area contributed by atoms with E-state index in [4.69, 9.17) is 4.74 Å². The molecule has 4 nitrogen and oxygen atoms in total. The van der Waals surface area contributed by atoms with E-state index in [2.05, 4.69) is 10.3 Å². The SMILES string of the molecule is OC(CNCCOc1ccccc1)c1cccnc1. The van der Waals surface area contributed by atoms with Gasteiger partial charge in [-0.25, -0.2) is 0 Å². The van der Waals surface area contributed by atoms with E-state index in [0.29, 0.717) is 19.7 Å².